The van der Waals surface area contributed by atoms with Crippen molar-refractivity contribution in [2.75, 3.05) is 0 Å². The highest BCUT2D eigenvalue weighted by Gasteiger charge is 2.32. The van der Waals surface area contributed by atoms with Crippen molar-refractivity contribution in [3.63, 3.8) is 0 Å². The molecule has 2 aromatic rings. The van der Waals surface area contributed by atoms with Crippen LogP contribution >= 0.6 is 11.6 Å². The monoisotopic (exact) mass is 357 g/mol. The van der Waals surface area contributed by atoms with Crippen LogP contribution in [0.3, 0.4) is 0 Å². The molecular formula is C21H24ClNO2. The number of ether oxygens (including phenoxy) is 1. The van der Waals surface area contributed by atoms with Gasteiger partial charge in [0.25, 0.3) is 0 Å². The van der Waals surface area contributed by atoms with Gasteiger partial charge in [-0.1, -0.05) is 48.0 Å². The fourth-order valence-electron chi connectivity index (χ4n) is 3.47. The Bertz CT molecular complexity index is 766. The molecule has 1 N–H and O–H groups in total. The quantitative estimate of drug-likeness (QED) is 0.772. The summed E-state index contributed by atoms with van der Waals surface area (Å²) >= 11 is 6.12. The van der Waals surface area contributed by atoms with Crippen molar-refractivity contribution in [3.05, 3.63) is 70.2 Å². The number of rotatable bonds is 3. The lowest BCUT2D eigenvalue weighted by Crippen LogP contribution is -2.34. The molecule has 2 atom stereocenters. The predicted molar refractivity (Wildman–Crippen MR) is 101 cm³/mol. The molecule has 0 aliphatic heterocycles. The zero-order chi connectivity index (χ0) is 18.0. The molecule has 0 radical (unpaired) electrons. The normalized spacial score (nSPS) is 19.4. The number of alkyl carbamates (subject to hydrolysis) is 1. The maximum absolute atomic E-state index is 12.2. The number of nitrogens with one attached hydrogen (secondary N) is 1. The van der Waals surface area contributed by atoms with E-state index in [0.29, 0.717) is 5.92 Å². The molecule has 0 unspecified atom stereocenters. The van der Waals surface area contributed by atoms with Gasteiger partial charge in [0.05, 0.1) is 6.04 Å². The standard InChI is InChI=1S/C21H24ClNO2/c1-21(2,3)25-20(24)23-19-13-15(17-9-4-5-10-18(17)19)11-14-7-6-8-16(22)12-14/h4-10,12,15,19H,11,13H2,1-3H3,(H,23,24)/t15-,19-/m1/s1. The van der Waals surface area contributed by atoms with E-state index in [2.05, 4.69) is 29.6 Å². The van der Waals surface area contributed by atoms with Gasteiger partial charge in [0.15, 0.2) is 0 Å². The number of hydrogen-bond donors (Lipinski definition) is 1. The van der Waals surface area contributed by atoms with Crippen LogP contribution in [0.15, 0.2) is 48.5 Å². The molecule has 1 aliphatic carbocycles. The van der Waals surface area contributed by atoms with E-state index in [9.17, 15) is 4.79 Å². The average Bonchev–Trinajstić information content (AvgIpc) is 2.83. The smallest absolute Gasteiger partial charge is 0.408 e. The fraction of sp³-hybridized carbons (Fsp3) is 0.381. The highest BCUT2D eigenvalue weighted by molar-refractivity contribution is 6.30. The number of hydrogen-bond acceptors (Lipinski definition) is 2. The molecule has 0 aromatic heterocycles. The fourth-order valence-corrected chi connectivity index (χ4v) is 3.68. The topological polar surface area (TPSA) is 38.3 Å². The highest BCUT2D eigenvalue weighted by Crippen LogP contribution is 2.42. The van der Waals surface area contributed by atoms with E-state index in [1.54, 1.807) is 0 Å². The zero-order valence-corrected chi connectivity index (χ0v) is 15.6. The minimum Gasteiger partial charge on any atom is -0.444 e. The number of benzene rings is 2. The molecule has 4 heteroatoms. The molecule has 132 valence electrons. The summed E-state index contributed by atoms with van der Waals surface area (Å²) in [5.74, 6) is 0.356. The molecule has 0 saturated carbocycles. The van der Waals surface area contributed by atoms with Crippen LogP contribution in [-0.4, -0.2) is 11.7 Å². The summed E-state index contributed by atoms with van der Waals surface area (Å²) in [6.07, 6.45) is 1.41. The Balaban J connectivity index is 1.76. The van der Waals surface area contributed by atoms with Crippen LogP contribution in [0.2, 0.25) is 5.02 Å². The second kappa shape index (κ2) is 7.09. The Morgan fingerprint density at radius 1 is 1.16 bits per heavy atom. The molecule has 0 bridgehead atoms. The first-order valence-corrected chi connectivity index (χ1v) is 9.02. The molecule has 1 aliphatic rings. The molecule has 3 rings (SSSR count). The van der Waals surface area contributed by atoms with Crippen molar-refractivity contribution in [1.29, 1.82) is 0 Å². The number of carbonyl (C=O) groups is 1. The van der Waals surface area contributed by atoms with Crippen molar-refractivity contribution in [3.8, 4) is 0 Å². The molecule has 3 nitrogen and oxygen atoms in total. The second-order valence-corrected chi connectivity index (χ2v) is 8.03. The first-order valence-electron chi connectivity index (χ1n) is 8.64. The maximum Gasteiger partial charge on any atom is 0.408 e. The summed E-state index contributed by atoms with van der Waals surface area (Å²) in [4.78, 5) is 12.2. The first-order chi connectivity index (χ1) is 11.8. The highest BCUT2D eigenvalue weighted by atomic mass is 35.5. The van der Waals surface area contributed by atoms with E-state index < -0.39 is 5.60 Å². The van der Waals surface area contributed by atoms with Crippen LogP contribution in [0.25, 0.3) is 0 Å². The van der Waals surface area contributed by atoms with E-state index >= 15 is 0 Å². The third-order valence-corrected chi connectivity index (χ3v) is 4.63. The van der Waals surface area contributed by atoms with E-state index in [0.717, 1.165) is 17.9 Å². The van der Waals surface area contributed by atoms with Gasteiger partial charge < -0.3 is 10.1 Å². The van der Waals surface area contributed by atoms with E-state index in [-0.39, 0.29) is 12.1 Å². The second-order valence-electron chi connectivity index (χ2n) is 7.59. The predicted octanol–water partition coefficient (Wildman–Crippen LogP) is 5.64. The van der Waals surface area contributed by atoms with Gasteiger partial charge in [-0.05, 0) is 68.4 Å². The van der Waals surface area contributed by atoms with Gasteiger partial charge in [-0.25, -0.2) is 4.79 Å². The minimum absolute atomic E-state index is 0.0183. The molecule has 0 fully saturated rings. The number of carbonyl (C=O) groups excluding carboxylic acids is 1. The lowest BCUT2D eigenvalue weighted by molar-refractivity contribution is 0.0502. The Labute approximate surface area is 154 Å². The van der Waals surface area contributed by atoms with Gasteiger partial charge in [0, 0.05) is 5.02 Å². The number of amides is 1. The van der Waals surface area contributed by atoms with Crippen LogP contribution in [0.5, 0.6) is 0 Å². The van der Waals surface area contributed by atoms with Crippen LogP contribution in [0.1, 0.15) is 55.8 Å². The summed E-state index contributed by atoms with van der Waals surface area (Å²) in [6.45, 7) is 5.62. The van der Waals surface area contributed by atoms with Crippen molar-refractivity contribution in [2.24, 2.45) is 0 Å². The van der Waals surface area contributed by atoms with Gasteiger partial charge in [0.1, 0.15) is 5.60 Å². The largest absolute Gasteiger partial charge is 0.444 e. The number of fused-ring (bicyclic) bond motifs is 1. The molecule has 25 heavy (non-hydrogen) atoms. The number of halogens is 1. The summed E-state index contributed by atoms with van der Waals surface area (Å²) in [6, 6.07) is 16.3. The van der Waals surface area contributed by atoms with Gasteiger partial charge in [0.2, 0.25) is 0 Å². The Morgan fingerprint density at radius 2 is 1.88 bits per heavy atom. The first kappa shape index (κ1) is 17.8. The molecule has 1 amide bonds. The van der Waals surface area contributed by atoms with Crippen molar-refractivity contribution >= 4 is 17.7 Å². The summed E-state index contributed by atoms with van der Waals surface area (Å²) in [5, 5.41) is 3.79. The van der Waals surface area contributed by atoms with Gasteiger partial charge >= 0.3 is 6.09 Å². The Morgan fingerprint density at radius 3 is 2.56 bits per heavy atom. The summed E-state index contributed by atoms with van der Waals surface area (Å²) in [5.41, 5.74) is 3.19. The van der Waals surface area contributed by atoms with E-state index in [4.69, 9.17) is 16.3 Å². The van der Waals surface area contributed by atoms with Crippen LogP contribution in [0, 0.1) is 0 Å². The maximum atomic E-state index is 12.2. The zero-order valence-electron chi connectivity index (χ0n) is 14.9. The SMILES string of the molecule is CC(C)(C)OC(=O)N[C@@H]1C[C@@H](Cc2cccc(Cl)c2)c2ccccc21. The third kappa shape index (κ3) is 4.55. The summed E-state index contributed by atoms with van der Waals surface area (Å²) in [7, 11) is 0. The summed E-state index contributed by atoms with van der Waals surface area (Å²) < 4.78 is 5.42. The minimum atomic E-state index is -0.498. The van der Waals surface area contributed by atoms with Crippen LogP contribution in [-0.2, 0) is 11.2 Å². The average molecular weight is 358 g/mol. The Kier molecular flexibility index (Phi) is 5.05. The third-order valence-electron chi connectivity index (χ3n) is 4.39. The molecule has 0 spiro atoms. The van der Waals surface area contributed by atoms with E-state index in [1.807, 2.05) is 45.0 Å². The lowest BCUT2D eigenvalue weighted by Gasteiger charge is -2.22. The molecule has 0 heterocycles. The Hall–Kier alpha value is -2.00. The van der Waals surface area contributed by atoms with Crippen molar-refractivity contribution in [1.82, 2.24) is 5.32 Å². The van der Waals surface area contributed by atoms with Gasteiger partial charge in [-0.2, -0.15) is 0 Å². The van der Waals surface area contributed by atoms with Crippen molar-refractivity contribution in [2.45, 2.75) is 51.2 Å². The molecular weight excluding hydrogens is 334 g/mol. The van der Waals surface area contributed by atoms with Crippen LogP contribution in [0.4, 0.5) is 4.79 Å². The van der Waals surface area contributed by atoms with Gasteiger partial charge in [-0.3, -0.25) is 0 Å². The van der Waals surface area contributed by atoms with Crippen LogP contribution < -0.4 is 5.32 Å². The van der Waals surface area contributed by atoms with Gasteiger partial charge in [-0.15, -0.1) is 0 Å². The van der Waals surface area contributed by atoms with Crippen molar-refractivity contribution < 1.29 is 9.53 Å². The molecule has 0 saturated heterocycles. The lowest BCUT2D eigenvalue weighted by atomic mass is 9.94. The van der Waals surface area contributed by atoms with E-state index in [1.165, 1.54) is 16.7 Å². The molecule has 2 aromatic carbocycles.